The second-order valence-corrected chi connectivity index (χ2v) is 20.6. The van der Waals surface area contributed by atoms with Crippen LogP contribution in [0.1, 0.15) is 122 Å². The zero-order chi connectivity index (χ0) is 49.1. The Labute approximate surface area is 408 Å². The van der Waals surface area contributed by atoms with E-state index in [1.165, 1.54) is 14.2 Å². The van der Waals surface area contributed by atoms with Crippen LogP contribution >= 0.6 is 0 Å². The SMILES string of the molecule is COC(=O)NC(C(=O)N1C(C)CCC1c1ncc(-c2ccc3c(c2)COc2cc4c(ccc5[nH]c(C6CCC(C)N6C(=O)C(NC(=O)OC)C6CC(C)OC(C)C6)nc54)cc2-3)[nH]1)C1CC(C)OC(C)C1. The molecule has 5 aromatic rings. The predicted molar refractivity (Wildman–Crippen MR) is 262 cm³/mol. The fourth-order valence-corrected chi connectivity index (χ4v) is 12.4. The number of aromatic nitrogens is 4. The van der Waals surface area contributed by atoms with Gasteiger partial charge in [0, 0.05) is 23.0 Å². The second kappa shape index (κ2) is 19.2. The second-order valence-electron chi connectivity index (χ2n) is 20.6. The number of carbonyl (C=O) groups excluding carboxylic acids is 4. The lowest BCUT2D eigenvalue weighted by molar-refractivity contribution is -0.141. The maximum atomic E-state index is 14.6. The van der Waals surface area contributed by atoms with Gasteiger partial charge in [-0.15, -0.1) is 0 Å². The first-order valence-corrected chi connectivity index (χ1v) is 25.1. The highest BCUT2D eigenvalue weighted by Crippen LogP contribution is 2.45. The van der Waals surface area contributed by atoms with E-state index in [4.69, 9.17) is 33.7 Å². The Morgan fingerprint density at radius 1 is 0.686 bits per heavy atom. The number of alkyl carbamates (subject to hydrolysis) is 2. The van der Waals surface area contributed by atoms with Crippen LogP contribution in [0, 0.1) is 11.8 Å². The predicted octanol–water partition coefficient (Wildman–Crippen LogP) is 8.63. The lowest BCUT2D eigenvalue weighted by atomic mass is 9.85. The number of benzene rings is 3. The van der Waals surface area contributed by atoms with Gasteiger partial charge in [0.05, 0.1) is 73.6 Å². The number of amides is 4. The Bertz CT molecular complexity index is 2790. The van der Waals surface area contributed by atoms with Gasteiger partial charge in [0.15, 0.2) is 0 Å². The molecule has 10 rings (SSSR count). The molecule has 0 spiro atoms. The molecule has 70 heavy (non-hydrogen) atoms. The van der Waals surface area contributed by atoms with Crippen molar-refractivity contribution >= 4 is 45.8 Å². The maximum absolute atomic E-state index is 14.6. The molecule has 5 aliphatic heterocycles. The maximum Gasteiger partial charge on any atom is 0.407 e. The third-order valence-corrected chi connectivity index (χ3v) is 15.6. The number of H-pyrrole nitrogens is 2. The number of likely N-dealkylation sites (tertiary alicyclic amines) is 2. The van der Waals surface area contributed by atoms with Crippen molar-refractivity contribution in [3.8, 4) is 28.1 Å². The molecule has 4 saturated heterocycles. The van der Waals surface area contributed by atoms with Gasteiger partial charge in [-0.2, -0.15) is 0 Å². The van der Waals surface area contributed by atoms with Crippen LogP contribution in [0.2, 0.25) is 0 Å². The lowest BCUT2D eigenvalue weighted by Gasteiger charge is -2.39. The number of ether oxygens (including phenoxy) is 5. The summed E-state index contributed by atoms with van der Waals surface area (Å²) in [4.78, 5) is 75.4. The number of nitrogens with one attached hydrogen (secondary N) is 4. The number of fused-ring (bicyclic) bond motifs is 6. The molecule has 0 aliphatic carbocycles. The molecule has 4 N–H and O–H groups in total. The summed E-state index contributed by atoms with van der Waals surface area (Å²) in [6, 6.07) is 12.5. The van der Waals surface area contributed by atoms with Crippen LogP contribution in [0.5, 0.6) is 5.75 Å². The number of nitrogens with zero attached hydrogens (tertiary/aromatic N) is 4. The summed E-state index contributed by atoms with van der Waals surface area (Å²) in [5.74, 6) is 1.71. The van der Waals surface area contributed by atoms with E-state index in [1.807, 2.05) is 49.8 Å². The summed E-state index contributed by atoms with van der Waals surface area (Å²) < 4.78 is 28.5. The molecule has 0 radical (unpaired) electrons. The molecule has 17 heteroatoms. The van der Waals surface area contributed by atoms with Crippen molar-refractivity contribution in [1.82, 2.24) is 40.4 Å². The molecule has 0 bridgehead atoms. The zero-order valence-corrected chi connectivity index (χ0v) is 41.4. The average Bonchev–Trinajstić information content (AvgIpc) is 4.16. The van der Waals surface area contributed by atoms with Crippen molar-refractivity contribution in [3.05, 3.63) is 65.9 Å². The van der Waals surface area contributed by atoms with Crippen LogP contribution in [0.25, 0.3) is 44.2 Å². The summed E-state index contributed by atoms with van der Waals surface area (Å²) in [7, 11) is 2.63. The van der Waals surface area contributed by atoms with E-state index in [9.17, 15) is 19.2 Å². The monoisotopic (exact) mass is 958 g/mol. The van der Waals surface area contributed by atoms with Crippen molar-refractivity contribution in [2.45, 2.75) is 160 Å². The van der Waals surface area contributed by atoms with E-state index in [1.54, 1.807) is 0 Å². The van der Waals surface area contributed by atoms with Gasteiger partial charge in [-0.3, -0.25) is 9.59 Å². The molecule has 10 unspecified atom stereocenters. The minimum Gasteiger partial charge on any atom is -0.488 e. The average molecular weight is 959 g/mol. The van der Waals surface area contributed by atoms with Crippen molar-refractivity contribution in [2.24, 2.45) is 11.8 Å². The Balaban J connectivity index is 0.891. The number of hydrogen-bond acceptors (Lipinski definition) is 11. The van der Waals surface area contributed by atoms with Crippen LogP contribution in [0.4, 0.5) is 9.59 Å². The molecule has 372 valence electrons. The molecule has 4 amide bonds. The summed E-state index contributed by atoms with van der Waals surface area (Å²) in [5.41, 5.74) is 6.56. The minimum atomic E-state index is -0.758. The number of hydrogen-bond donors (Lipinski definition) is 4. The summed E-state index contributed by atoms with van der Waals surface area (Å²) >= 11 is 0. The van der Waals surface area contributed by atoms with E-state index < -0.39 is 24.3 Å². The van der Waals surface area contributed by atoms with Crippen LogP contribution in [0.3, 0.4) is 0 Å². The molecule has 5 aliphatic rings. The first-order chi connectivity index (χ1) is 33.7. The summed E-state index contributed by atoms with van der Waals surface area (Å²) in [6.07, 6.45) is 6.13. The van der Waals surface area contributed by atoms with Gasteiger partial charge in [0.2, 0.25) is 11.8 Å². The molecule has 10 atom stereocenters. The fraction of sp³-hybridized carbons (Fsp3) is 0.547. The van der Waals surface area contributed by atoms with Crippen LogP contribution < -0.4 is 15.4 Å². The highest BCUT2D eigenvalue weighted by molar-refractivity contribution is 6.07. The fourth-order valence-electron chi connectivity index (χ4n) is 12.4. The van der Waals surface area contributed by atoms with E-state index in [-0.39, 0.29) is 72.2 Å². The van der Waals surface area contributed by atoms with Gasteiger partial charge >= 0.3 is 12.2 Å². The van der Waals surface area contributed by atoms with E-state index >= 15 is 0 Å². The minimum absolute atomic E-state index is 0.0334. The topological polar surface area (TPSA) is 202 Å². The number of carbonyl (C=O) groups is 4. The Morgan fingerprint density at radius 3 is 1.83 bits per heavy atom. The quantitative estimate of drug-likeness (QED) is 0.110. The number of rotatable bonds is 9. The number of imidazole rings is 2. The molecule has 2 aromatic heterocycles. The molecular formula is C53H66N8O9. The standard InChI is InChI=1S/C53H66N8O9/c1-26-9-15-42(60(26)50(62)45(58-52(64)66-7)34-17-28(3)69-29(4)18-34)48-54-24-41(56-48)33-11-13-37-36(21-33)25-68-44-23-38-32(22-39(37)44)12-14-40-47(38)57-49(55-40)43-16-10-27(2)61(43)51(63)46(59-53(65)67-8)35-19-30(5)70-31(6)20-35/h11-14,21-24,26-31,34-35,42-43,45-46H,9-10,15-20,25H2,1-8H3,(H,54,56)(H,55,57)(H,58,64)(H,59,65). The third kappa shape index (κ3) is 8.95. The van der Waals surface area contributed by atoms with Crippen LogP contribution in [-0.4, -0.2) is 117 Å². The molecule has 7 heterocycles. The molecule has 17 nitrogen and oxygen atoms in total. The van der Waals surface area contributed by atoms with Gasteiger partial charge in [-0.1, -0.05) is 18.2 Å². The normalized spacial score (nSPS) is 28.4. The summed E-state index contributed by atoms with van der Waals surface area (Å²) in [6.45, 7) is 12.5. The van der Waals surface area contributed by atoms with Gasteiger partial charge in [0.1, 0.15) is 36.1 Å². The highest BCUT2D eigenvalue weighted by atomic mass is 16.5. The van der Waals surface area contributed by atoms with Gasteiger partial charge in [-0.05, 0) is 151 Å². The smallest absolute Gasteiger partial charge is 0.407 e. The number of methoxy groups -OCH3 is 2. The van der Waals surface area contributed by atoms with Crippen molar-refractivity contribution in [1.29, 1.82) is 0 Å². The summed E-state index contributed by atoms with van der Waals surface area (Å²) in [5, 5.41) is 7.74. The van der Waals surface area contributed by atoms with Crippen molar-refractivity contribution in [3.63, 3.8) is 0 Å². The molecule has 3 aromatic carbocycles. The van der Waals surface area contributed by atoms with E-state index in [2.05, 4.69) is 70.8 Å². The van der Waals surface area contributed by atoms with Gasteiger partial charge in [-0.25, -0.2) is 19.6 Å². The van der Waals surface area contributed by atoms with E-state index in [0.717, 1.165) is 81.2 Å². The Hall–Kier alpha value is -6.20. The zero-order valence-electron chi connectivity index (χ0n) is 41.4. The Kier molecular flexibility index (Phi) is 13.0. The van der Waals surface area contributed by atoms with Crippen LogP contribution in [0.15, 0.2) is 48.7 Å². The van der Waals surface area contributed by atoms with Crippen molar-refractivity contribution < 1.29 is 42.9 Å². The largest absolute Gasteiger partial charge is 0.488 e. The number of aromatic amines is 2. The van der Waals surface area contributed by atoms with Crippen LogP contribution in [-0.2, 0) is 35.1 Å². The highest BCUT2D eigenvalue weighted by Gasteiger charge is 2.46. The first-order valence-electron chi connectivity index (χ1n) is 25.1. The first kappa shape index (κ1) is 47.5. The third-order valence-electron chi connectivity index (χ3n) is 15.6. The molecule has 4 fully saturated rings. The van der Waals surface area contributed by atoms with Crippen molar-refractivity contribution in [2.75, 3.05) is 14.2 Å². The van der Waals surface area contributed by atoms with Gasteiger partial charge in [0.25, 0.3) is 0 Å². The molecular weight excluding hydrogens is 893 g/mol. The lowest BCUT2D eigenvalue weighted by Crippen LogP contribution is -2.55. The molecule has 0 saturated carbocycles. The van der Waals surface area contributed by atoms with Gasteiger partial charge < -0.3 is 54.1 Å². The Morgan fingerprint density at radius 2 is 1.26 bits per heavy atom. The van der Waals surface area contributed by atoms with E-state index in [0.29, 0.717) is 43.9 Å².